The molecule has 2 unspecified atom stereocenters. The number of esters is 2. The first-order valence-corrected chi connectivity index (χ1v) is 36.6. The fraction of sp³-hybridized carbons (Fsp3) is 0.808. The Morgan fingerprint density at radius 3 is 1.02 bits per heavy atom. The number of quaternary nitrogens is 1. The lowest BCUT2D eigenvalue weighted by molar-refractivity contribution is -0.870. The molecule has 0 aliphatic heterocycles. The number of nitrogens with zero attached hydrogens (tertiary/aromatic N) is 1. The maximum absolute atomic E-state index is 12.8. The molecule has 0 rings (SSSR count). The normalized spacial score (nSPS) is 13.6. The summed E-state index contributed by atoms with van der Waals surface area (Å²) in [6.07, 6.45) is 85.8. The summed E-state index contributed by atoms with van der Waals surface area (Å²) in [7, 11) is 1.17. The number of phosphoric acid groups is 1. The third-order valence-corrected chi connectivity index (χ3v) is 16.4. The van der Waals surface area contributed by atoms with Gasteiger partial charge in [0, 0.05) is 12.8 Å². The Hall–Kier alpha value is -2.55. The minimum atomic E-state index is -4.64. The van der Waals surface area contributed by atoms with Crippen LogP contribution in [0, 0.1) is 0 Å². The molecule has 0 aromatic rings. The predicted octanol–water partition coefficient (Wildman–Crippen LogP) is 22.1. The summed E-state index contributed by atoms with van der Waals surface area (Å²) in [5.74, 6) is -0.829. The summed E-state index contributed by atoms with van der Waals surface area (Å²) in [5.41, 5.74) is 0. The Labute approximate surface area is 514 Å². The molecule has 0 aromatic heterocycles. The molecule has 9 nitrogen and oxygen atoms in total. The van der Waals surface area contributed by atoms with E-state index in [9.17, 15) is 19.0 Å². The summed E-state index contributed by atoms with van der Waals surface area (Å²) >= 11 is 0. The molecular formula is C73H134NO8P. The van der Waals surface area contributed by atoms with Gasteiger partial charge >= 0.3 is 11.9 Å². The SMILES string of the molecule is CC/C=C\C/C=C\C/C=C\C/C=C\CCCCCCCCCCCCCCCCCCCCCCCCCCCCCCC(=O)OC(COC(=O)CCCCCCCCC/C=C\C/C=C\CCCCCC)COP(=O)([O-])OCC[N+](C)(C)C. The van der Waals surface area contributed by atoms with Crippen molar-refractivity contribution in [2.75, 3.05) is 47.5 Å². The number of hydrogen-bond acceptors (Lipinski definition) is 8. The third-order valence-electron chi connectivity index (χ3n) is 15.5. The molecule has 0 amide bonds. The molecule has 0 spiro atoms. The molecule has 0 fully saturated rings. The molecular weight excluding hydrogens is 1050 g/mol. The third kappa shape index (κ3) is 68.4. The van der Waals surface area contributed by atoms with Crippen LogP contribution < -0.4 is 4.89 Å². The van der Waals surface area contributed by atoms with Gasteiger partial charge in [0.1, 0.15) is 19.8 Å². The Kier molecular flexibility index (Phi) is 62.0. The van der Waals surface area contributed by atoms with Gasteiger partial charge in [-0.25, -0.2) is 0 Å². The maximum Gasteiger partial charge on any atom is 0.306 e. The fourth-order valence-corrected chi connectivity index (χ4v) is 10.8. The topological polar surface area (TPSA) is 111 Å². The summed E-state index contributed by atoms with van der Waals surface area (Å²) in [4.78, 5) is 38.0. The van der Waals surface area contributed by atoms with Crippen LogP contribution in [0.25, 0.3) is 0 Å². The molecule has 0 aromatic carbocycles. The lowest BCUT2D eigenvalue weighted by Gasteiger charge is -2.28. The van der Waals surface area contributed by atoms with Gasteiger partial charge in [0.2, 0.25) is 0 Å². The number of unbranched alkanes of at least 4 members (excludes halogenated alkanes) is 39. The van der Waals surface area contributed by atoms with E-state index in [1.54, 1.807) is 0 Å². The number of carbonyl (C=O) groups is 2. The zero-order valence-corrected chi connectivity index (χ0v) is 56.0. The first kappa shape index (κ1) is 80.5. The molecule has 0 heterocycles. The van der Waals surface area contributed by atoms with Gasteiger partial charge < -0.3 is 27.9 Å². The highest BCUT2D eigenvalue weighted by Gasteiger charge is 2.22. The van der Waals surface area contributed by atoms with E-state index in [0.717, 1.165) is 77.0 Å². The Morgan fingerprint density at radius 1 is 0.386 bits per heavy atom. The first-order chi connectivity index (χ1) is 40.5. The standard InChI is InChI=1S/C73H134NO8P/c1-6-8-10-12-14-16-18-20-22-24-26-27-28-29-30-31-32-33-34-35-36-37-38-39-40-41-42-43-44-45-46-47-48-50-52-54-56-58-60-62-64-66-73(76)82-71(70-81-83(77,78)80-68-67-74(3,4)5)69-79-72(75)65-63-61-59-57-55-53-51-49-25-23-21-19-17-15-13-11-9-7-2/h8,10,14,16-17,19-20,22-23,25-27,71H,6-7,9,11-13,15,18,21,24,28-70H2,1-5H3/b10-8-,16-14-,19-17-,22-20-,25-23-,27-26-. The molecule has 484 valence electrons. The number of hydrogen-bond donors (Lipinski definition) is 0. The van der Waals surface area contributed by atoms with Gasteiger partial charge in [-0.05, 0) is 83.5 Å². The van der Waals surface area contributed by atoms with Crippen molar-refractivity contribution in [3.05, 3.63) is 72.9 Å². The van der Waals surface area contributed by atoms with Crippen LogP contribution >= 0.6 is 7.82 Å². The van der Waals surface area contributed by atoms with E-state index in [1.807, 2.05) is 21.1 Å². The Balaban J connectivity index is 3.89. The van der Waals surface area contributed by atoms with Crippen molar-refractivity contribution in [3.8, 4) is 0 Å². The van der Waals surface area contributed by atoms with E-state index >= 15 is 0 Å². The second-order valence-electron chi connectivity index (χ2n) is 24.9. The number of carbonyl (C=O) groups excluding carboxylic acids is 2. The van der Waals surface area contributed by atoms with Crippen molar-refractivity contribution in [2.45, 2.75) is 335 Å². The molecule has 0 aliphatic rings. The van der Waals surface area contributed by atoms with Crippen LogP contribution in [-0.4, -0.2) is 70.0 Å². The lowest BCUT2D eigenvalue weighted by atomic mass is 10.0. The van der Waals surface area contributed by atoms with Gasteiger partial charge in [-0.3, -0.25) is 14.2 Å². The van der Waals surface area contributed by atoms with Crippen LogP contribution in [0.5, 0.6) is 0 Å². The van der Waals surface area contributed by atoms with E-state index in [2.05, 4.69) is 86.8 Å². The monoisotopic (exact) mass is 1180 g/mol. The summed E-state index contributed by atoms with van der Waals surface area (Å²) in [6, 6.07) is 0. The quantitative estimate of drug-likeness (QED) is 0.0195. The number of rotatable bonds is 65. The van der Waals surface area contributed by atoms with Crippen molar-refractivity contribution >= 4 is 19.8 Å². The number of ether oxygens (including phenoxy) is 2. The first-order valence-electron chi connectivity index (χ1n) is 35.1. The number of likely N-dealkylation sites (N-methyl/N-ethyl adjacent to an activating group) is 1. The molecule has 0 saturated heterocycles. The van der Waals surface area contributed by atoms with Crippen LogP contribution in [0.2, 0.25) is 0 Å². The Morgan fingerprint density at radius 2 is 0.687 bits per heavy atom. The highest BCUT2D eigenvalue weighted by atomic mass is 31.2. The summed E-state index contributed by atoms with van der Waals surface area (Å²) in [6.45, 7) is 4.14. The van der Waals surface area contributed by atoms with E-state index in [4.69, 9.17) is 18.5 Å². The van der Waals surface area contributed by atoms with E-state index in [1.165, 1.54) is 218 Å². The van der Waals surface area contributed by atoms with Gasteiger partial charge in [-0.2, -0.15) is 0 Å². The molecule has 0 saturated carbocycles. The zero-order valence-electron chi connectivity index (χ0n) is 55.1. The lowest BCUT2D eigenvalue weighted by Crippen LogP contribution is -2.37. The molecule has 83 heavy (non-hydrogen) atoms. The fourth-order valence-electron chi connectivity index (χ4n) is 10.1. The van der Waals surface area contributed by atoms with Crippen molar-refractivity contribution in [1.29, 1.82) is 0 Å². The number of allylic oxidation sites excluding steroid dienone is 12. The average Bonchev–Trinajstić information content (AvgIpc) is 3.48. The van der Waals surface area contributed by atoms with Crippen LogP contribution in [-0.2, 0) is 32.7 Å². The molecule has 0 bridgehead atoms. The van der Waals surface area contributed by atoms with Gasteiger partial charge in [0.25, 0.3) is 7.82 Å². The predicted molar refractivity (Wildman–Crippen MR) is 356 cm³/mol. The van der Waals surface area contributed by atoms with Gasteiger partial charge in [-0.15, -0.1) is 0 Å². The van der Waals surface area contributed by atoms with Crippen molar-refractivity contribution < 1.29 is 42.1 Å². The number of phosphoric ester groups is 1. The van der Waals surface area contributed by atoms with Crippen molar-refractivity contribution in [2.24, 2.45) is 0 Å². The van der Waals surface area contributed by atoms with Crippen molar-refractivity contribution in [3.63, 3.8) is 0 Å². The largest absolute Gasteiger partial charge is 0.756 e. The zero-order chi connectivity index (χ0) is 60.5. The van der Waals surface area contributed by atoms with Crippen LogP contribution in [0.15, 0.2) is 72.9 Å². The van der Waals surface area contributed by atoms with Gasteiger partial charge in [-0.1, -0.05) is 305 Å². The highest BCUT2D eigenvalue weighted by Crippen LogP contribution is 2.38. The molecule has 0 aliphatic carbocycles. The smallest absolute Gasteiger partial charge is 0.306 e. The molecule has 0 radical (unpaired) electrons. The van der Waals surface area contributed by atoms with Gasteiger partial charge in [0.15, 0.2) is 6.10 Å². The van der Waals surface area contributed by atoms with Crippen LogP contribution in [0.4, 0.5) is 0 Å². The van der Waals surface area contributed by atoms with E-state index < -0.39 is 26.5 Å². The van der Waals surface area contributed by atoms with Crippen molar-refractivity contribution in [1.82, 2.24) is 0 Å². The van der Waals surface area contributed by atoms with Crippen LogP contribution in [0.3, 0.4) is 0 Å². The molecule has 0 N–H and O–H groups in total. The minimum absolute atomic E-state index is 0.0316. The highest BCUT2D eigenvalue weighted by molar-refractivity contribution is 7.45. The maximum atomic E-state index is 12.8. The summed E-state index contributed by atoms with van der Waals surface area (Å²) < 4.78 is 34.3. The summed E-state index contributed by atoms with van der Waals surface area (Å²) in [5, 5.41) is 0. The Bertz CT molecular complexity index is 1630. The average molecular weight is 1180 g/mol. The van der Waals surface area contributed by atoms with E-state index in [-0.39, 0.29) is 32.0 Å². The second-order valence-corrected chi connectivity index (χ2v) is 26.3. The second kappa shape index (κ2) is 63.9. The van der Waals surface area contributed by atoms with Crippen LogP contribution in [0.1, 0.15) is 328 Å². The molecule has 10 heteroatoms. The van der Waals surface area contributed by atoms with E-state index in [0.29, 0.717) is 17.4 Å². The minimum Gasteiger partial charge on any atom is -0.756 e. The van der Waals surface area contributed by atoms with Gasteiger partial charge in [0.05, 0.1) is 27.7 Å². The molecule has 2 atom stereocenters.